The summed E-state index contributed by atoms with van der Waals surface area (Å²) in [7, 11) is 7.43. The largest absolute Gasteiger partial charge is 0.493 e. The van der Waals surface area contributed by atoms with Crippen molar-refractivity contribution in [1.29, 1.82) is 0 Å². The standard InChI is InChI=1S/C29H38N2O10/c1-15-27(35)21(33)13-25(41-15)31(40-6)14-24(34)30-19-9-7-16-11-23(37-3)28(38-4)29(39-5)26(16)17-8-10-22(36-2)20(32)12-18(17)19/h8,10-12,15,19,21,25,27,33,35H,7,9,13-14H2,1-6H3,(H,30,34)/t15-,19+,21+,25-,27-/m1/s1. The fourth-order valence-corrected chi connectivity index (χ4v) is 5.51. The monoisotopic (exact) mass is 574 g/mol. The third-order valence-corrected chi connectivity index (χ3v) is 7.60. The Morgan fingerprint density at radius 3 is 2.34 bits per heavy atom. The zero-order valence-corrected chi connectivity index (χ0v) is 24.1. The van der Waals surface area contributed by atoms with Crippen molar-refractivity contribution in [2.24, 2.45) is 0 Å². The normalized spacial score (nSPS) is 23.6. The zero-order chi connectivity index (χ0) is 29.8. The Morgan fingerprint density at radius 1 is 1.02 bits per heavy atom. The zero-order valence-electron chi connectivity index (χ0n) is 24.1. The van der Waals surface area contributed by atoms with Crippen molar-refractivity contribution in [3.63, 3.8) is 0 Å². The van der Waals surface area contributed by atoms with Crippen LogP contribution in [0.3, 0.4) is 0 Å². The number of aliphatic hydroxyl groups is 2. The number of fused-ring (bicyclic) bond motifs is 3. The van der Waals surface area contributed by atoms with Crippen LogP contribution in [0.15, 0.2) is 29.1 Å². The molecule has 1 fully saturated rings. The number of rotatable bonds is 9. The van der Waals surface area contributed by atoms with Gasteiger partial charge in [-0.25, -0.2) is 0 Å². The number of nitrogens with zero attached hydrogens (tertiary/aromatic N) is 1. The van der Waals surface area contributed by atoms with E-state index in [1.54, 1.807) is 26.2 Å². The first-order valence-electron chi connectivity index (χ1n) is 13.3. The summed E-state index contributed by atoms with van der Waals surface area (Å²) in [6, 6.07) is 6.16. The Bertz CT molecular complexity index is 1310. The van der Waals surface area contributed by atoms with Gasteiger partial charge in [0, 0.05) is 12.0 Å². The van der Waals surface area contributed by atoms with E-state index in [9.17, 15) is 19.8 Å². The second-order valence-electron chi connectivity index (χ2n) is 9.96. The van der Waals surface area contributed by atoms with Crippen LogP contribution >= 0.6 is 0 Å². The van der Waals surface area contributed by atoms with Gasteiger partial charge >= 0.3 is 0 Å². The lowest BCUT2D eigenvalue weighted by atomic mass is 9.95. The van der Waals surface area contributed by atoms with Crippen molar-refractivity contribution in [3.05, 3.63) is 45.6 Å². The molecule has 2 aromatic carbocycles. The van der Waals surface area contributed by atoms with E-state index in [0.29, 0.717) is 41.2 Å². The fraction of sp³-hybridized carbons (Fsp3) is 0.517. The van der Waals surface area contributed by atoms with Crippen molar-refractivity contribution in [3.8, 4) is 34.1 Å². The minimum atomic E-state index is -1.03. The molecule has 12 heteroatoms. The molecule has 0 aromatic heterocycles. The molecule has 12 nitrogen and oxygen atoms in total. The van der Waals surface area contributed by atoms with Gasteiger partial charge in [-0.3, -0.25) is 14.4 Å². The van der Waals surface area contributed by atoms with Crippen LogP contribution in [0.25, 0.3) is 11.1 Å². The van der Waals surface area contributed by atoms with Gasteiger partial charge in [0.25, 0.3) is 0 Å². The lowest BCUT2D eigenvalue weighted by molar-refractivity contribution is -0.286. The lowest BCUT2D eigenvalue weighted by Gasteiger charge is -2.39. The number of aryl methyl sites for hydroxylation is 1. The fourth-order valence-electron chi connectivity index (χ4n) is 5.51. The summed E-state index contributed by atoms with van der Waals surface area (Å²) in [6.45, 7) is 1.42. The second-order valence-corrected chi connectivity index (χ2v) is 9.96. The summed E-state index contributed by atoms with van der Waals surface area (Å²) in [6.07, 6.45) is -2.39. The van der Waals surface area contributed by atoms with Gasteiger partial charge in [-0.2, -0.15) is 5.06 Å². The predicted octanol–water partition coefficient (Wildman–Crippen LogP) is 1.57. The Labute approximate surface area is 238 Å². The number of carbonyl (C=O) groups excluding carboxylic acids is 1. The molecule has 224 valence electrons. The second kappa shape index (κ2) is 13.0. The Balaban J connectivity index is 1.72. The van der Waals surface area contributed by atoms with E-state index in [-0.39, 0.29) is 24.1 Å². The summed E-state index contributed by atoms with van der Waals surface area (Å²) in [5.74, 6) is 1.12. The smallest absolute Gasteiger partial charge is 0.237 e. The van der Waals surface area contributed by atoms with Crippen molar-refractivity contribution in [1.82, 2.24) is 10.4 Å². The van der Waals surface area contributed by atoms with Gasteiger partial charge in [-0.05, 0) is 54.7 Å². The maximum atomic E-state index is 13.4. The van der Waals surface area contributed by atoms with Gasteiger partial charge in [0.15, 0.2) is 17.2 Å². The lowest BCUT2D eigenvalue weighted by Crippen LogP contribution is -2.54. The van der Waals surface area contributed by atoms with Crippen LogP contribution in [0.5, 0.6) is 23.0 Å². The van der Waals surface area contributed by atoms with E-state index in [0.717, 1.165) is 11.1 Å². The molecular weight excluding hydrogens is 536 g/mol. The Morgan fingerprint density at radius 2 is 1.73 bits per heavy atom. The molecule has 2 aromatic rings. The molecule has 0 saturated carbocycles. The third-order valence-electron chi connectivity index (χ3n) is 7.60. The number of hydroxylamine groups is 2. The van der Waals surface area contributed by atoms with Gasteiger partial charge in [-0.15, -0.1) is 0 Å². The first kappa shape index (κ1) is 30.5. The van der Waals surface area contributed by atoms with E-state index < -0.39 is 36.5 Å². The molecule has 4 rings (SSSR count). The van der Waals surface area contributed by atoms with E-state index in [2.05, 4.69) is 5.32 Å². The number of hydrogen-bond acceptors (Lipinski definition) is 11. The molecular formula is C29H38N2O10. The minimum absolute atomic E-state index is 0.0623. The summed E-state index contributed by atoms with van der Waals surface area (Å²) >= 11 is 0. The number of ether oxygens (including phenoxy) is 5. The molecule has 3 N–H and O–H groups in total. The maximum Gasteiger partial charge on any atom is 0.237 e. The van der Waals surface area contributed by atoms with Gasteiger partial charge in [0.05, 0.1) is 53.8 Å². The van der Waals surface area contributed by atoms with E-state index in [4.69, 9.17) is 28.5 Å². The number of benzene rings is 1. The molecule has 0 unspecified atom stereocenters. The third kappa shape index (κ3) is 6.11. The Kier molecular flexibility index (Phi) is 9.72. The van der Waals surface area contributed by atoms with Crippen molar-refractivity contribution < 1.29 is 43.5 Å². The van der Waals surface area contributed by atoms with Crippen LogP contribution < -0.4 is 29.7 Å². The molecule has 1 aliphatic carbocycles. The highest BCUT2D eigenvalue weighted by atomic mass is 16.7. The predicted molar refractivity (Wildman–Crippen MR) is 148 cm³/mol. The van der Waals surface area contributed by atoms with Crippen LogP contribution in [-0.4, -0.2) is 87.8 Å². The summed E-state index contributed by atoms with van der Waals surface area (Å²) in [5.41, 5.74) is 2.54. The highest BCUT2D eigenvalue weighted by Gasteiger charge is 2.38. The SMILES string of the molecule is COc1cc2c(c(OC)c1OC)-c1ccc(OC)c(=O)cc1[C@@H](NC(=O)CN(OC)[C@H]1C[C@H](O)[C@H](O)[C@@H](C)O1)CC2. The molecule has 1 saturated heterocycles. The maximum absolute atomic E-state index is 13.4. The molecule has 1 aliphatic heterocycles. The van der Waals surface area contributed by atoms with Gasteiger partial charge in [0.2, 0.25) is 17.1 Å². The molecule has 0 radical (unpaired) electrons. The van der Waals surface area contributed by atoms with Crippen molar-refractivity contribution in [2.45, 2.75) is 56.8 Å². The number of methoxy groups -OCH3 is 4. The molecule has 0 bridgehead atoms. The molecule has 0 spiro atoms. The van der Waals surface area contributed by atoms with Gasteiger partial charge in [-0.1, -0.05) is 6.07 Å². The molecule has 41 heavy (non-hydrogen) atoms. The number of carbonyl (C=O) groups is 1. The number of nitrogens with one attached hydrogen (secondary N) is 1. The quantitative estimate of drug-likeness (QED) is 0.375. The molecule has 5 atom stereocenters. The molecule has 2 aliphatic rings. The van der Waals surface area contributed by atoms with Gasteiger partial charge < -0.3 is 39.2 Å². The highest BCUT2D eigenvalue weighted by molar-refractivity contribution is 5.84. The van der Waals surface area contributed by atoms with Gasteiger partial charge in [0.1, 0.15) is 18.9 Å². The van der Waals surface area contributed by atoms with Crippen molar-refractivity contribution >= 4 is 5.91 Å². The van der Waals surface area contributed by atoms with Crippen LogP contribution in [0.2, 0.25) is 0 Å². The van der Waals surface area contributed by atoms with E-state index >= 15 is 0 Å². The number of aliphatic hydroxyl groups excluding tert-OH is 2. The van der Waals surface area contributed by atoms with E-state index in [1.165, 1.54) is 39.6 Å². The Hall–Kier alpha value is -3.42. The van der Waals surface area contributed by atoms with Crippen LogP contribution in [0, 0.1) is 0 Å². The average Bonchev–Trinajstić information content (AvgIpc) is 3.21. The number of hydrogen-bond donors (Lipinski definition) is 3. The topological polar surface area (TPSA) is 145 Å². The van der Waals surface area contributed by atoms with Crippen LogP contribution in [0.1, 0.15) is 36.9 Å². The molecule has 1 heterocycles. The first-order chi connectivity index (χ1) is 19.7. The summed E-state index contributed by atoms with van der Waals surface area (Å²) in [4.78, 5) is 31.9. The average molecular weight is 575 g/mol. The van der Waals surface area contributed by atoms with E-state index in [1.807, 2.05) is 6.07 Å². The highest BCUT2D eigenvalue weighted by Crippen LogP contribution is 2.50. The van der Waals surface area contributed by atoms with Crippen LogP contribution in [-0.2, 0) is 20.8 Å². The number of amides is 1. The molecule has 1 amide bonds. The minimum Gasteiger partial charge on any atom is -0.493 e. The van der Waals surface area contributed by atoms with Crippen molar-refractivity contribution in [2.75, 3.05) is 42.1 Å². The summed E-state index contributed by atoms with van der Waals surface area (Å²) < 4.78 is 28.1. The first-order valence-corrected chi connectivity index (χ1v) is 13.3. The summed E-state index contributed by atoms with van der Waals surface area (Å²) in [5, 5.41) is 24.6. The van der Waals surface area contributed by atoms with Crippen LogP contribution in [0.4, 0.5) is 0 Å².